The summed E-state index contributed by atoms with van der Waals surface area (Å²) in [5, 5.41) is 0. The highest BCUT2D eigenvalue weighted by atomic mass is 16.5. The molecule has 0 unspecified atom stereocenters. The summed E-state index contributed by atoms with van der Waals surface area (Å²) in [6, 6.07) is 6.57. The normalized spacial score (nSPS) is 10.3. The lowest BCUT2D eigenvalue weighted by Gasteiger charge is -2.08. The summed E-state index contributed by atoms with van der Waals surface area (Å²) in [6.45, 7) is 3.58. The van der Waals surface area contributed by atoms with Gasteiger partial charge in [-0.2, -0.15) is 0 Å². The monoisotopic (exact) mass is 274 g/mol. The third-order valence-electron chi connectivity index (χ3n) is 2.74. The first-order valence-corrected chi connectivity index (χ1v) is 6.13. The van der Waals surface area contributed by atoms with Crippen molar-refractivity contribution in [2.24, 2.45) is 0 Å². The number of rotatable bonds is 4. The maximum atomic E-state index is 12.2. The molecular formula is C14H14N2O4. The minimum atomic E-state index is -0.644. The smallest absolute Gasteiger partial charge is 0.333 e. The Hall–Kier alpha value is -2.63. The van der Waals surface area contributed by atoms with Crippen LogP contribution < -0.4 is 16.0 Å². The van der Waals surface area contributed by atoms with Crippen LogP contribution in [0, 0.1) is 0 Å². The van der Waals surface area contributed by atoms with Crippen LogP contribution in [0.1, 0.15) is 24.2 Å². The van der Waals surface area contributed by atoms with Crippen molar-refractivity contribution >= 4 is 5.78 Å². The van der Waals surface area contributed by atoms with Gasteiger partial charge in [-0.3, -0.25) is 9.59 Å². The molecule has 0 saturated carbocycles. The molecule has 1 aromatic carbocycles. The van der Waals surface area contributed by atoms with Crippen LogP contribution in [0.15, 0.2) is 40.1 Å². The van der Waals surface area contributed by atoms with E-state index in [9.17, 15) is 14.4 Å². The maximum absolute atomic E-state index is 12.2. The van der Waals surface area contributed by atoms with Crippen LogP contribution in [0.2, 0.25) is 0 Å². The van der Waals surface area contributed by atoms with Crippen LogP contribution in [0.5, 0.6) is 5.75 Å². The van der Waals surface area contributed by atoms with Gasteiger partial charge in [0, 0.05) is 12.3 Å². The third kappa shape index (κ3) is 2.54. The average molecular weight is 274 g/mol. The van der Waals surface area contributed by atoms with Crippen molar-refractivity contribution in [2.45, 2.75) is 13.8 Å². The molecular weight excluding hydrogens is 260 g/mol. The second-order valence-corrected chi connectivity index (χ2v) is 4.13. The first kappa shape index (κ1) is 13.8. The van der Waals surface area contributed by atoms with Crippen LogP contribution >= 0.6 is 0 Å². The Balaban J connectivity index is 2.66. The van der Waals surface area contributed by atoms with Gasteiger partial charge in [0.1, 0.15) is 5.75 Å². The molecule has 2 rings (SSSR count). The molecule has 0 aliphatic carbocycles. The minimum absolute atomic E-state index is 0.0635. The number of benzene rings is 1. The third-order valence-corrected chi connectivity index (χ3v) is 2.74. The van der Waals surface area contributed by atoms with Crippen molar-refractivity contribution in [3.63, 3.8) is 0 Å². The van der Waals surface area contributed by atoms with Gasteiger partial charge in [-0.1, -0.05) is 6.07 Å². The van der Waals surface area contributed by atoms with Gasteiger partial charge in [-0.25, -0.2) is 9.36 Å². The number of H-pyrrole nitrogens is 1. The number of hydrogen-bond donors (Lipinski definition) is 1. The summed E-state index contributed by atoms with van der Waals surface area (Å²) in [5.41, 5.74) is -0.958. The van der Waals surface area contributed by atoms with Crippen molar-refractivity contribution in [3.8, 4) is 11.4 Å². The van der Waals surface area contributed by atoms with Gasteiger partial charge >= 0.3 is 5.69 Å². The Labute approximate surface area is 114 Å². The SMILES string of the molecule is CCOc1cccc(-n2c(=O)[nH]cc(C(C)=O)c2=O)c1. The molecule has 104 valence electrons. The fraction of sp³-hybridized carbons (Fsp3) is 0.214. The quantitative estimate of drug-likeness (QED) is 0.847. The van der Waals surface area contributed by atoms with Crippen molar-refractivity contribution in [3.05, 3.63) is 56.9 Å². The zero-order valence-electron chi connectivity index (χ0n) is 11.2. The van der Waals surface area contributed by atoms with Gasteiger partial charge in [0.25, 0.3) is 5.56 Å². The molecule has 6 nitrogen and oxygen atoms in total. The Kier molecular flexibility index (Phi) is 3.84. The molecule has 0 fully saturated rings. The van der Waals surface area contributed by atoms with E-state index in [1.54, 1.807) is 24.3 Å². The molecule has 0 aliphatic heterocycles. The fourth-order valence-electron chi connectivity index (χ4n) is 1.84. The van der Waals surface area contributed by atoms with Crippen molar-refractivity contribution in [2.75, 3.05) is 6.61 Å². The molecule has 0 aliphatic rings. The summed E-state index contributed by atoms with van der Waals surface area (Å²) < 4.78 is 6.25. The van der Waals surface area contributed by atoms with E-state index in [2.05, 4.69) is 4.98 Å². The van der Waals surface area contributed by atoms with Crippen LogP contribution in [0.25, 0.3) is 5.69 Å². The van der Waals surface area contributed by atoms with E-state index in [-0.39, 0.29) is 5.56 Å². The van der Waals surface area contributed by atoms with E-state index in [4.69, 9.17) is 4.74 Å². The number of aromatic nitrogens is 2. The average Bonchev–Trinajstić information content (AvgIpc) is 2.39. The molecule has 2 aromatic rings. The van der Waals surface area contributed by atoms with Gasteiger partial charge in [0.05, 0.1) is 17.9 Å². The number of ketones is 1. The summed E-state index contributed by atoms with van der Waals surface area (Å²) >= 11 is 0. The highest BCUT2D eigenvalue weighted by Crippen LogP contribution is 2.14. The molecule has 0 atom stereocenters. The predicted octanol–water partition coefficient (Wildman–Crippen LogP) is 1.13. The predicted molar refractivity (Wildman–Crippen MR) is 73.8 cm³/mol. The van der Waals surface area contributed by atoms with E-state index in [1.807, 2.05) is 6.92 Å². The molecule has 0 radical (unpaired) electrons. The molecule has 1 aromatic heterocycles. The Morgan fingerprint density at radius 2 is 2.10 bits per heavy atom. The second-order valence-electron chi connectivity index (χ2n) is 4.13. The summed E-state index contributed by atoms with van der Waals surface area (Å²) in [7, 11) is 0. The topological polar surface area (TPSA) is 81.2 Å². The van der Waals surface area contributed by atoms with E-state index in [1.165, 1.54) is 6.92 Å². The number of hydrogen-bond acceptors (Lipinski definition) is 4. The number of carbonyl (C=O) groups excluding carboxylic acids is 1. The molecule has 1 N–H and O–H groups in total. The Morgan fingerprint density at radius 1 is 1.35 bits per heavy atom. The zero-order valence-corrected chi connectivity index (χ0v) is 11.2. The second kappa shape index (κ2) is 5.56. The first-order chi connectivity index (χ1) is 9.54. The Bertz CT molecular complexity index is 758. The lowest BCUT2D eigenvalue weighted by Crippen LogP contribution is -2.36. The molecule has 1 heterocycles. The highest BCUT2D eigenvalue weighted by Gasteiger charge is 2.12. The molecule has 0 saturated heterocycles. The number of carbonyl (C=O) groups is 1. The number of aromatic amines is 1. The lowest BCUT2D eigenvalue weighted by molar-refractivity contribution is 0.101. The number of Topliss-reactive ketones (excluding diaryl/α,β-unsaturated/α-hetero) is 1. The first-order valence-electron chi connectivity index (χ1n) is 6.13. The summed E-state index contributed by atoms with van der Waals surface area (Å²) in [5.74, 6) is 0.144. The van der Waals surface area contributed by atoms with Crippen LogP contribution in [-0.2, 0) is 0 Å². The van der Waals surface area contributed by atoms with Crippen molar-refractivity contribution in [1.29, 1.82) is 0 Å². The van der Waals surface area contributed by atoms with Gasteiger partial charge < -0.3 is 9.72 Å². The molecule has 6 heteroatoms. The van der Waals surface area contributed by atoms with Crippen LogP contribution in [0.3, 0.4) is 0 Å². The Morgan fingerprint density at radius 3 is 2.75 bits per heavy atom. The molecule has 20 heavy (non-hydrogen) atoms. The van der Waals surface area contributed by atoms with E-state index in [0.717, 1.165) is 10.8 Å². The highest BCUT2D eigenvalue weighted by molar-refractivity contribution is 5.93. The molecule has 0 bridgehead atoms. The van der Waals surface area contributed by atoms with E-state index < -0.39 is 17.0 Å². The number of nitrogens with zero attached hydrogens (tertiary/aromatic N) is 1. The van der Waals surface area contributed by atoms with Crippen molar-refractivity contribution < 1.29 is 9.53 Å². The van der Waals surface area contributed by atoms with Crippen molar-refractivity contribution in [1.82, 2.24) is 9.55 Å². The van der Waals surface area contributed by atoms with Gasteiger partial charge in [-0.15, -0.1) is 0 Å². The van der Waals surface area contributed by atoms with Gasteiger partial charge in [0.15, 0.2) is 5.78 Å². The molecule has 0 amide bonds. The van der Waals surface area contributed by atoms with Gasteiger partial charge in [-0.05, 0) is 26.0 Å². The zero-order chi connectivity index (χ0) is 14.7. The lowest BCUT2D eigenvalue weighted by atomic mass is 10.2. The minimum Gasteiger partial charge on any atom is -0.494 e. The molecule has 0 spiro atoms. The standard InChI is InChI=1S/C14H14N2O4/c1-3-20-11-6-4-5-10(7-11)16-13(18)12(9(2)17)8-15-14(16)19/h4-8H,3H2,1-2H3,(H,15,19). The van der Waals surface area contributed by atoms with Crippen LogP contribution in [0.4, 0.5) is 0 Å². The van der Waals surface area contributed by atoms with E-state index >= 15 is 0 Å². The fourth-order valence-corrected chi connectivity index (χ4v) is 1.84. The van der Waals surface area contributed by atoms with Gasteiger partial charge in [0.2, 0.25) is 0 Å². The summed E-state index contributed by atoms with van der Waals surface area (Å²) in [4.78, 5) is 37.8. The number of ether oxygens (including phenoxy) is 1. The largest absolute Gasteiger partial charge is 0.494 e. The van der Waals surface area contributed by atoms with E-state index in [0.29, 0.717) is 18.0 Å². The van der Waals surface area contributed by atoms with Crippen LogP contribution in [-0.4, -0.2) is 21.9 Å². The number of nitrogens with one attached hydrogen (secondary N) is 1. The maximum Gasteiger partial charge on any atom is 0.333 e. The summed E-state index contributed by atoms with van der Waals surface area (Å²) in [6.07, 6.45) is 1.13.